The third-order valence-corrected chi connectivity index (χ3v) is 3.10. The molecule has 0 atom stereocenters. The molecular weight excluding hydrogens is 224 g/mol. The van der Waals surface area contributed by atoms with E-state index < -0.39 is 0 Å². The van der Waals surface area contributed by atoms with E-state index in [1.807, 2.05) is 24.3 Å². The summed E-state index contributed by atoms with van der Waals surface area (Å²) >= 11 is 0. The number of aromatic nitrogens is 1. The molecule has 0 aliphatic rings. The zero-order valence-corrected chi connectivity index (χ0v) is 10.1. The van der Waals surface area contributed by atoms with Gasteiger partial charge in [0.05, 0.1) is 12.1 Å². The molecule has 1 aromatic heterocycles. The second kappa shape index (κ2) is 4.70. The maximum absolute atomic E-state index is 5.83. The Balaban J connectivity index is 2.13. The molecule has 0 unspecified atom stereocenters. The number of nitrogens with two attached hydrogens (primary N) is 1. The first kappa shape index (κ1) is 11.1. The van der Waals surface area contributed by atoms with E-state index in [0.29, 0.717) is 13.2 Å². The molecule has 1 heterocycles. The topological polar surface area (TPSA) is 51.0 Å². The number of ether oxygens (including phenoxy) is 1. The van der Waals surface area contributed by atoms with Crippen LogP contribution in [0.25, 0.3) is 21.8 Å². The lowest BCUT2D eigenvalue weighted by molar-refractivity contribution is 0.317. The Hall–Kier alpha value is -2.00. The van der Waals surface area contributed by atoms with E-state index >= 15 is 0 Å². The number of H-pyrrole nitrogens is 1. The van der Waals surface area contributed by atoms with Gasteiger partial charge in [0, 0.05) is 16.3 Å². The van der Waals surface area contributed by atoms with E-state index in [4.69, 9.17) is 10.5 Å². The standard InChI is InChI=1S/C15H16N2O/c16-9-4-10-18-14-8-3-7-13-15(14)11-5-1-2-6-12(11)17-13/h1-3,5-8,17H,4,9-10,16H2. The monoisotopic (exact) mass is 240 g/mol. The van der Waals surface area contributed by atoms with Crippen molar-refractivity contribution < 1.29 is 4.74 Å². The predicted molar refractivity (Wildman–Crippen MR) is 75.0 cm³/mol. The van der Waals surface area contributed by atoms with Crippen molar-refractivity contribution in [3.8, 4) is 5.75 Å². The Morgan fingerprint density at radius 1 is 1.00 bits per heavy atom. The number of hydrogen-bond acceptors (Lipinski definition) is 2. The summed E-state index contributed by atoms with van der Waals surface area (Å²) < 4.78 is 5.83. The Morgan fingerprint density at radius 2 is 1.83 bits per heavy atom. The van der Waals surface area contributed by atoms with Gasteiger partial charge in [-0.25, -0.2) is 0 Å². The van der Waals surface area contributed by atoms with Gasteiger partial charge in [0.1, 0.15) is 5.75 Å². The van der Waals surface area contributed by atoms with E-state index in [2.05, 4.69) is 23.2 Å². The van der Waals surface area contributed by atoms with Gasteiger partial charge in [-0.05, 0) is 31.2 Å². The van der Waals surface area contributed by atoms with Crippen LogP contribution in [-0.2, 0) is 0 Å². The average molecular weight is 240 g/mol. The molecule has 0 aliphatic heterocycles. The van der Waals surface area contributed by atoms with Crippen LogP contribution in [0.1, 0.15) is 6.42 Å². The maximum atomic E-state index is 5.83. The first-order chi connectivity index (χ1) is 8.90. The van der Waals surface area contributed by atoms with Crippen molar-refractivity contribution in [3.05, 3.63) is 42.5 Å². The van der Waals surface area contributed by atoms with Crippen molar-refractivity contribution in [1.29, 1.82) is 0 Å². The molecular formula is C15H16N2O. The Labute approximate surface area is 106 Å². The van der Waals surface area contributed by atoms with Crippen LogP contribution in [-0.4, -0.2) is 18.1 Å². The normalized spacial score (nSPS) is 11.2. The highest BCUT2D eigenvalue weighted by molar-refractivity contribution is 6.10. The van der Waals surface area contributed by atoms with Crippen LogP contribution >= 0.6 is 0 Å². The van der Waals surface area contributed by atoms with Crippen LogP contribution < -0.4 is 10.5 Å². The van der Waals surface area contributed by atoms with Gasteiger partial charge in [0.2, 0.25) is 0 Å². The fourth-order valence-corrected chi connectivity index (χ4v) is 2.25. The summed E-state index contributed by atoms with van der Waals surface area (Å²) in [6.07, 6.45) is 0.874. The summed E-state index contributed by atoms with van der Waals surface area (Å²) in [4.78, 5) is 3.40. The highest BCUT2D eigenvalue weighted by Gasteiger charge is 2.08. The molecule has 0 spiro atoms. The summed E-state index contributed by atoms with van der Waals surface area (Å²) in [6, 6.07) is 14.4. The predicted octanol–water partition coefficient (Wildman–Crippen LogP) is 3.05. The highest BCUT2D eigenvalue weighted by atomic mass is 16.5. The summed E-state index contributed by atoms with van der Waals surface area (Å²) in [5.74, 6) is 0.929. The maximum Gasteiger partial charge on any atom is 0.129 e. The minimum atomic E-state index is 0.657. The van der Waals surface area contributed by atoms with Gasteiger partial charge in [-0.1, -0.05) is 24.3 Å². The minimum absolute atomic E-state index is 0.657. The fourth-order valence-electron chi connectivity index (χ4n) is 2.25. The van der Waals surface area contributed by atoms with Gasteiger partial charge in [0.15, 0.2) is 0 Å². The molecule has 0 bridgehead atoms. The molecule has 3 aromatic rings. The van der Waals surface area contributed by atoms with Crippen LogP contribution in [0.3, 0.4) is 0 Å². The quantitative estimate of drug-likeness (QED) is 0.689. The molecule has 0 fully saturated rings. The van der Waals surface area contributed by atoms with E-state index in [1.165, 1.54) is 5.39 Å². The molecule has 92 valence electrons. The molecule has 18 heavy (non-hydrogen) atoms. The third kappa shape index (κ3) is 1.83. The van der Waals surface area contributed by atoms with Crippen LogP contribution in [0, 0.1) is 0 Å². The van der Waals surface area contributed by atoms with E-state index in [9.17, 15) is 0 Å². The van der Waals surface area contributed by atoms with Crippen molar-refractivity contribution in [2.24, 2.45) is 5.73 Å². The molecule has 2 aromatic carbocycles. The van der Waals surface area contributed by atoms with Crippen LogP contribution in [0.5, 0.6) is 5.75 Å². The number of nitrogens with one attached hydrogen (secondary N) is 1. The zero-order valence-electron chi connectivity index (χ0n) is 10.1. The second-order valence-electron chi connectivity index (χ2n) is 4.34. The number of rotatable bonds is 4. The lowest BCUT2D eigenvalue weighted by atomic mass is 10.1. The molecule has 0 aliphatic carbocycles. The second-order valence-corrected chi connectivity index (χ2v) is 4.34. The Bertz CT molecular complexity index is 672. The summed E-state index contributed by atoms with van der Waals surface area (Å²) in [7, 11) is 0. The SMILES string of the molecule is NCCCOc1cccc2[nH]c3ccccc3c12. The number of aromatic amines is 1. The van der Waals surface area contributed by atoms with Gasteiger partial charge < -0.3 is 15.5 Å². The zero-order chi connectivity index (χ0) is 12.4. The van der Waals surface area contributed by atoms with Gasteiger partial charge in [-0.3, -0.25) is 0 Å². The molecule has 0 radical (unpaired) electrons. The van der Waals surface area contributed by atoms with Gasteiger partial charge >= 0.3 is 0 Å². The van der Waals surface area contributed by atoms with Gasteiger partial charge in [-0.2, -0.15) is 0 Å². The lowest BCUT2D eigenvalue weighted by Gasteiger charge is -2.06. The van der Waals surface area contributed by atoms with Crippen LogP contribution in [0.4, 0.5) is 0 Å². The van der Waals surface area contributed by atoms with Crippen molar-refractivity contribution in [1.82, 2.24) is 4.98 Å². The van der Waals surface area contributed by atoms with Crippen molar-refractivity contribution >= 4 is 21.8 Å². The van der Waals surface area contributed by atoms with E-state index in [0.717, 1.165) is 28.6 Å². The first-order valence-corrected chi connectivity index (χ1v) is 6.22. The minimum Gasteiger partial charge on any atom is -0.493 e. The largest absolute Gasteiger partial charge is 0.493 e. The van der Waals surface area contributed by atoms with E-state index in [1.54, 1.807) is 0 Å². The smallest absolute Gasteiger partial charge is 0.129 e. The Morgan fingerprint density at radius 3 is 2.72 bits per heavy atom. The van der Waals surface area contributed by atoms with Crippen molar-refractivity contribution in [2.75, 3.05) is 13.2 Å². The number of fused-ring (bicyclic) bond motifs is 3. The van der Waals surface area contributed by atoms with Gasteiger partial charge in [-0.15, -0.1) is 0 Å². The molecule has 3 nitrogen and oxygen atoms in total. The number of para-hydroxylation sites is 1. The summed E-state index contributed by atoms with van der Waals surface area (Å²) in [6.45, 7) is 1.32. The fraction of sp³-hybridized carbons (Fsp3) is 0.200. The van der Waals surface area contributed by atoms with Crippen molar-refractivity contribution in [3.63, 3.8) is 0 Å². The number of hydrogen-bond donors (Lipinski definition) is 2. The van der Waals surface area contributed by atoms with Crippen LogP contribution in [0.15, 0.2) is 42.5 Å². The van der Waals surface area contributed by atoms with E-state index in [-0.39, 0.29) is 0 Å². The Kier molecular flexibility index (Phi) is 2.90. The van der Waals surface area contributed by atoms with Gasteiger partial charge in [0.25, 0.3) is 0 Å². The lowest BCUT2D eigenvalue weighted by Crippen LogP contribution is -2.06. The summed E-state index contributed by atoms with van der Waals surface area (Å²) in [5, 5.41) is 2.36. The molecule has 0 saturated heterocycles. The number of benzene rings is 2. The molecule has 0 amide bonds. The molecule has 3 rings (SSSR count). The highest BCUT2D eigenvalue weighted by Crippen LogP contribution is 2.32. The van der Waals surface area contributed by atoms with Crippen LogP contribution in [0.2, 0.25) is 0 Å². The van der Waals surface area contributed by atoms with Crippen molar-refractivity contribution in [2.45, 2.75) is 6.42 Å². The average Bonchev–Trinajstić information content (AvgIpc) is 2.78. The molecule has 3 N–H and O–H groups in total. The molecule has 3 heteroatoms. The first-order valence-electron chi connectivity index (χ1n) is 6.22. The molecule has 0 saturated carbocycles. The summed E-state index contributed by atoms with van der Waals surface area (Å²) in [5.41, 5.74) is 7.74. The third-order valence-electron chi connectivity index (χ3n) is 3.10.